The standard InChI is InChI=1S/C9H11F2NOS/c1-5(4-13)14-8-3-6(10)2-7(11)9(8)12/h2-3,5,13H,4,12H2,1H3. The number of rotatable bonds is 3. The fraction of sp³-hybridized carbons (Fsp3) is 0.333. The molecule has 5 heteroatoms. The monoisotopic (exact) mass is 219 g/mol. The molecule has 0 aromatic heterocycles. The van der Waals surface area contributed by atoms with Gasteiger partial charge in [-0.3, -0.25) is 0 Å². The zero-order valence-corrected chi connectivity index (χ0v) is 8.44. The van der Waals surface area contributed by atoms with E-state index < -0.39 is 11.6 Å². The maximum atomic E-state index is 13.0. The first-order valence-corrected chi connectivity index (χ1v) is 4.94. The third-order valence-corrected chi connectivity index (χ3v) is 2.78. The highest BCUT2D eigenvalue weighted by molar-refractivity contribution is 8.00. The Balaban J connectivity index is 2.96. The molecular weight excluding hydrogens is 208 g/mol. The molecule has 0 heterocycles. The second kappa shape index (κ2) is 4.61. The van der Waals surface area contributed by atoms with Crippen LogP contribution in [0.3, 0.4) is 0 Å². The van der Waals surface area contributed by atoms with Crippen molar-refractivity contribution in [3.63, 3.8) is 0 Å². The topological polar surface area (TPSA) is 46.2 Å². The molecule has 1 aromatic rings. The van der Waals surface area contributed by atoms with Gasteiger partial charge in [0.25, 0.3) is 0 Å². The van der Waals surface area contributed by atoms with Crippen LogP contribution in [0.2, 0.25) is 0 Å². The fourth-order valence-electron chi connectivity index (χ4n) is 0.913. The van der Waals surface area contributed by atoms with E-state index in [2.05, 4.69) is 0 Å². The molecule has 1 aromatic carbocycles. The van der Waals surface area contributed by atoms with E-state index in [1.165, 1.54) is 0 Å². The summed E-state index contributed by atoms with van der Waals surface area (Å²) in [7, 11) is 0. The van der Waals surface area contributed by atoms with Gasteiger partial charge in [0.15, 0.2) is 0 Å². The van der Waals surface area contributed by atoms with Gasteiger partial charge in [0.1, 0.15) is 11.6 Å². The Bertz CT molecular complexity index is 333. The lowest BCUT2D eigenvalue weighted by molar-refractivity contribution is 0.300. The van der Waals surface area contributed by atoms with Gasteiger partial charge in [-0.2, -0.15) is 0 Å². The molecule has 0 saturated heterocycles. The number of nitrogen functional groups attached to an aromatic ring is 1. The fourth-order valence-corrected chi connectivity index (χ4v) is 1.83. The summed E-state index contributed by atoms with van der Waals surface area (Å²) in [6.07, 6.45) is 0. The average Bonchev–Trinajstić information content (AvgIpc) is 2.13. The molecule has 0 amide bonds. The molecule has 0 bridgehead atoms. The Kier molecular flexibility index (Phi) is 3.71. The molecule has 0 spiro atoms. The Labute approximate surface area is 85.1 Å². The van der Waals surface area contributed by atoms with Crippen molar-refractivity contribution in [3.8, 4) is 0 Å². The minimum absolute atomic E-state index is 0.0672. The average molecular weight is 219 g/mol. The molecule has 0 aliphatic heterocycles. The summed E-state index contributed by atoms with van der Waals surface area (Å²) in [5.41, 5.74) is 5.34. The van der Waals surface area contributed by atoms with Crippen molar-refractivity contribution in [2.75, 3.05) is 12.3 Å². The van der Waals surface area contributed by atoms with Crippen LogP contribution in [-0.2, 0) is 0 Å². The van der Waals surface area contributed by atoms with Crippen molar-refractivity contribution < 1.29 is 13.9 Å². The number of hydrogen-bond donors (Lipinski definition) is 2. The van der Waals surface area contributed by atoms with E-state index in [-0.39, 0.29) is 17.5 Å². The number of aliphatic hydroxyl groups is 1. The number of hydrogen-bond acceptors (Lipinski definition) is 3. The Morgan fingerprint density at radius 2 is 2.14 bits per heavy atom. The van der Waals surface area contributed by atoms with Gasteiger partial charge in [-0.05, 0) is 6.07 Å². The van der Waals surface area contributed by atoms with Gasteiger partial charge < -0.3 is 10.8 Å². The first-order valence-electron chi connectivity index (χ1n) is 4.06. The molecule has 3 N–H and O–H groups in total. The van der Waals surface area contributed by atoms with Crippen LogP contribution in [0.1, 0.15) is 6.92 Å². The Morgan fingerprint density at radius 1 is 1.50 bits per heavy atom. The van der Waals surface area contributed by atoms with E-state index in [0.717, 1.165) is 23.9 Å². The predicted molar refractivity (Wildman–Crippen MR) is 53.2 cm³/mol. The molecule has 1 unspecified atom stereocenters. The first kappa shape index (κ1) is 11.3. The minimum atomic E-state index is -0.766. The van der Waals surface area contributed by atoms with Crippen LogP contribution in [-0.4, -0.2) is 17.0 Å². The van der Waals surface area contributed by atoms with Gasteiger partial charge in [0.2, 0.25) is 0 Å². The summed E-state index contributed by atoms with van der Waals surface area (Å²) in [4.78, 5) is 0.323. The summed E-state index contributed by atoms with van der Waals surface area (Å²) in [6, 6.07) is 1.90. The van der Waals surface area contributed by atoms with Crippen LogP contribution < -0.4 is 5.73 Å². The molecule has 14 heavy (non-hydrogen) atoms. The molecule has 0 radical (unpaired) electrons. The van der Waals surface area contributed by atoms with Gasteiger partial charge in [0.05, 0.1) is 12.3 Å². The van der Waals surface area contributed by atoms with Crippen LogP contribution in [0.4, 0.5) is 14.5 Å². The molecular formula is C9H11F2NOS. The highest BCUT2D eigenvalue weighted by Gasteiger charge is 2.11. The van der Waals surface area contributed by atoms with Crippen LogP contribution in [0.25, 0.3) is 0 Å². The molecule has 0 aliphatic carbocycles. The first-order chi connectivity index (χ1) is 6.54. The summed E-state index contributed by atoms with van der Waals surface area (Å²) in [5, 5.41) is 8.64. The molecule has 0 aliphatic rings. The predicted octanol–water partition coefficient (Wildman–Crippen LogP) is 2.02. The van der Waals surface area contributed by atoms with Crippen molar-refractivity contribution in [2.45, 2.75) is 17.1 Å². The van der Waals surface area contributed by atoms with Gasteiger partial charge in [-0.15, -0.1) is 11.8 Å². The third-order valence-electron chi connectivity index (χ3n) is 1.64. The van der Waals surface area contributed by atoms with E-state index >= 15 is 0 Å². The maximum Gasteiger partial charge on any atom is 0.150 e. The highest BCUT2D eigenvalue weighted by Crippen LogP contribution is 2.31. The molecule has 1 rings (SSSR count). The summed E-state index contributed by atoms with van der Waals surface area (Å²) in [5.74, 6) is -1.43. The van der Waals surface area contributed by atoms with Crippen LogP contribution >= 0.6 is 11.8 Å². The van der Waals surface area contributed by atoms with Gasteiger partial charge >= 0.3 is 0 Å². The van der Waals surface area contributed by atoms with Crippen molar-refractivity contribution in [2.24, 2.45) is 0 Å². The molecule has 0 fully saturated rings. The van der Waals surface area contributed by atoms with Gasteiger partial charge in [0, 0.05) is 16.2 Å². The summed E-state index contributed by atoms with van der Waals surface area (Å²) < 4.78 is 25.7. The second-order valence-electron chi connectivity index (χ2n) is 2.91. The normalized spacial score (nSPS) is 12.9. The summed E-state index contributed by atoms with van der Waals surface area (Å²) in [6.45, 7) is 1.68. The van der Waals surface area contributed by atoms with E-state index in [0.29, 0.717) is 4.90 Å². The number of nitrogens with two attached hydrogens (primary N) is 1. The van der Waals surface area contributed by atoms with Gasteiger partial charge in [-0.1, -0.05) is 6.92 Å². The number of thioether (sulfide) groups is 1. The summed E-state index contributed by atoms with van der Waals surface area (Å²) >= 11 is 1.14. The molecule has 2 nitrogen and oxygen atoms in total. The van der Waals surface area contributed by atoms with Crippen LogP contribution in [0.5, 0.6) is 0 Å². The van der Waals surface area contributed by atoms with Crippen molar-refractivity contribution in [1.29, 1.82) is 0 Å². The highest BCUT2D eigenvalue weighted by atomic mass is 32.2. The minimum Gasteiger partial charge on any atom is -0.395 e. The van der Waals surface area contributed by atoms with Crippen LogP contribution in [0, 0.1) is 11.6 Å². The van der Waals surface area contributed by atoms with E-state index in [1.54, 1.807) is 6.92 Å². The van der Waals surface area contributed by atoms with E-state index in [4.69, 9.17) is 10.8 Å². The van der Waals surface area contributed by atoms with Crippen molar-refractivity contribution >= 4 is 17.4 Å². The Morgan fingerprint density at radius 3 is 2.71 bits per heavy atom. The number of halogens is 2. The SMILES string of the molecule is CC(CO)Sc1cc(F)cc(F)c1N. The molecule has 0 saturated carbocycles. The van der Waals surface area contributed by atoms with Crippen LogP contribution in [0.15, 0.2) is 17.0 Å². The zero-order valence-electron chi connectivity index (χ0n) is 7.63. The van der Waals surface area contributed by atoms with Crippen molar-refractivity contribution in [3.05, 3.63) is 23.8 Å². The lowest BCUT2D eigenvalue weighted by Crippen LogP contribution is -2.04. The maximum absolute atomic E-state index is 13.0. The van der Waals surface area contributed by atoms with Crippen molar-refractivity contribution in [1.82, 2.24) is 0 Å². The molecule has 78 valence electrons. The Hall–Kier alpha value is -0.810. The second-order valence-corrected chi connectivity index (χ2v) is 4.39. The smallest absolute Gasteiger partial charge is 0.150 e. The van der Waals surface area contributed by atoms with E-state index in [1.807, 2.05) is 0 Å². The largest absolute Gasteiger partial charge is 0.395 e. The number of benzene rings is 1. The lowest BCUT2D eigenvalue weighted by atomic mass is 10.3. The number of aliphatic hydroxyl groups excluding tert-OH is 1. The van der Waals surface area contributed by atoms with E-state index in [9.17, 15) is 8.78 Å². The quantitative estimate of drug-likeness (QED) is 0.604. The molecule has 1 atom stereocenters. The lowest BCUT2D eigenvalue weighted by Gasteiger charge is -2.10. The zero-order chi connectivity index (χ0) is 10.7. The third kappa shape index (κ3) is 2.59. The number of anilines is 1. The van der Waals surface area contributed by atoms with Gasteiger partial charge in [-0.25, -0.2) is 8.78 Å².